The molecule has 2 aromatic carbocycles. The van der Waals surface area contributed by atoms with Gasteiger partial charge in [-0.25, -0.2) is 9.67 Å². The van der Waals surface area contributed by atoms with Crippen molar-refractivity contribution in [2.24, 2.45) is 0 Å². The van der Waals surface area contributed by atoms with Crippen LogP contribution in [0.1, 0.15) is 22.3 Å². The van der Waals surface area contributed by atoms with Crippen molar-refractivity contribution in [3.63, 3.8) is 0 Å². The minimum Gasteiger partial charge on any atom is -0.493 e. The van der Waals surface area contributed by atoms with Gasteiger partial charge in [-0.3, -0.25) is 19.1 Å². The first-order valence-electron chi connectivity index (χ1n) is 9.87. The predicted octanol–water partition coefficient (Wildman–Crippen LogP) is 2.49. The van der Waals surface area contributed by atoms with Crippen molar-refractivity contribution in [3.8, 4) is 17.6 Å². The Hall–Kier alpha value is -4.35. The van der Waals surface area contributed by atoms with Gasteiger partial charge in [0.1, 0.15) is 11.6 Å². The molecule has 3 heterocycles. The fourth-order valence-corrected chi connectivity index (χ4v) is 3.95. The van der Waals surface area contributed by atoms with Crippen LogP contribution in [0.3, 0.4) is 0 Å². The summed E-state index contributed by atoms with van der Waals surface area (Å²) in [7, 11) is 0. The molecular weight excluding hydrogens is 442 g/mol. The standard InChI is InChI=1S/C24H17N5O3.ClH/c1-13-6-5-7-15(10-13)29-24(32)17(22(30)27-29)11-16-14(2)18(12-25)21-26-19-8-3-4-9-20(19)28(21)23(16)31;/h3-11,32H,1-2H3,(H,27,30);1H/b16-11+;. The smallest absolute Gasteiger partial charge is 0.275 e. The molecule has 0 bridgehead atoms. The summed E-state index contributed by atoms with van der Waals surface area (Å²) in [6, 6.07) is 16.5. The number of fused-ring (bicyclic) bond motifs is 3. The number of benzene rings is 2. The Morgan fingerprint density at radius 2 is 1.88 bits per heavy atom. The molecule has 0 saturated heterocycles. The summed E-state index contributed by atoms with van der Waals surface area (Å²) in [4.78, 5) is 30.5. The van der Waals surface area contributed by atoms with Gasteiger partial charge >= 0.3 is 0 Å². The highest BCUT2D eigenvalue weighted by molar-refractivity contribution is 5.85. The Morgan fingerprint density at radius 3 is 2.61 bits per heavy atom. The third-order valence-electron chi connectivity index (χ3n) is 5.57. The first-order chi connectivity index (χ1) is 15.4. The molecule has 0 radical (unpaired) electrons. The van der Waals surface area contributed by atoms with Gasteiger partial charge in [0.2, 0.25) is 5.88 Å². The van der Waals surface area contributed by atoms with E-state index in [1.165, 1.54) is 15.2 Å². The largest absolute Gasteiger partial charge is 0.493 e. The van der Waals surface area contributed by atoms with Crippen molar-refractivity contribution >= 4 is 35.2 Å². The summed E-state index contributed by atoms with van der Waals surface area (Å²) in [6.07, 6.45) is 1.33. The number of halogens is 1. The van der Waals surface area contributed by atoms with Crippen molar-refractivity contribution in [2.75, 3.05) is 0 Å². The molecule has 3 aromatic heterocycles. The van der Waals surface area contributed by atoms with Crippen LogP contribution in [0.4, 0.5) is 0 Å². The molecular formula is C24H18ClN5O3. The molecule has 0 fully saturated rings. The molecule has 0 unspecified atom stereocenters. The van der Waals surface area contributed by atoms with E-state index in [0.717, 1.165) is 5.56 Å². The molecule has 0 aliphatic carbocycles. The van der Waals surface area contributed by atoms with E-state index in [2.05, 4.69) is 16.2 Å². The summed E-state index contributed by atoms with van der Waals surface area (Å²) in [5.41, 5.74) is 2.52. The highest BCUT2D eigenvalue weighted by atomic mass is 35.5. The number of pyridine rings is 1. The number of nitrogens with one attached hydrogen (secondary N) is 1. The van der Waals surface area contributed by atoms with E-state index < -0.39 is 11.1 Å². The second kappa shape index (κ2) is 7.97. The second-order valence-corrected chi connectivity index (χ2v) is 7.59. The maximum Gasteiger partial charge on any atom is 0.275 e. The number of aromatic amines is 1. The van der Waals surface area contributed by atoms with Crippen molar-refractivity contribution in [3.05, 3.63) is 96.7 Å². The van der Waals surface area contributed by atoms with Crippen LogP contribution in [0.5, 0.6) is 5.88 Å². The quantitative estimate of drug-likeness (QED) is 0.420. The molecule has 0 aliphatic heterocycles. The lowest BCUT2D eigenvalue weighted by atomic mass is 10.1. The van der Waals surface area contributed by atoms with E-state index >= 15 is 0 Å². The number of hydrogen-bond donors (Lipinski definition) is 2. The van der Waals surface area contributed by atoms with Crippen molar-refractivity contribution in [2.45, 2.75) is 13.8 Å². The zero-order chi connectivity index (χ0) is 22.6. The third kappa shape index (κ3) is 3.26. The highest BCUT2D eigenvalue weighted by Crippen LogP contribution is 2.21. The number of nitriles is 1. The lowest BCUT2D eigenvalue weighted by Crippen LogP contribution is -2.34. The zero-order valence-electron chi connectivity index (χ0n) is 17.7. The molecule has 33 heavy (non-hydrogen) atoms. The molecule has 5 rings (SSSR count). The zero-order valence-corrected chi connectivity index (χ0v) is 18.5. The summed E-state index contributed by atoms with van der Waals surface area (Å²) in [6.45, 7) is 3.53. The second-order valence-electron chi connectivity index (χ2n) is 7.59. The van der Waals surface area contributed by atoms with Gasteiger partial charge in [0.25, 0.3) is 11.1 Å². The third-order valence-corrected chi connectivity index (χ3v) is 5.57. The fourth-order valence-electron chi connectivity index (χ4n) is 3.95. The number of aromatic hydroxyl groups is 1. The van der Waals surface area contributed by atoms with Gasteiger partial charge in [-0.15, -0.1) is 12.4 Å². The van der Waals surface area contributed by atoms with Crippen molar-refractivity contribution in [1.82, 2.24) is 19.2 Å². The lowest BCUT2D eigenvalue weighted by Gasteiger charge is -2.05. The Kier molecular flexibility index (Phi) is 5.28. The lowest BCUT2D eigenvalue weighted by molar-refractivity contribution is 0.432. The average molecular weight is 460 g/mol. The van der Waals surface area contributed by atoms with E-state index in [0.29, 0.717) is 22.3 Å². The van der Waals surface area contributed by atoms with Crippen LogP contribution < -0.4 is 16.3 Å². The monoisotopic (exact) mass is 459 g/mol. The minimum absolute atomic E-state index is 0. The fraction of sp³-hybridized carbons (Fsp3) is 0.0833. The van der Waals surface area contributed by atoms with E-state index in [1.807, 2.05) is 19.1 Å². The van der Waals surface area contributed by atoms with Crippen LogP contribution in [-0.2, 0) is 0 Å². The molecule has 9 heteroatoms. The highest BCUT2D eigenvalue weighted by Gasteiger charge is 2.18. The van der Waals surface area contributed by atoms with Crippen molar-refractivity contribution < 1.29 is 5.11 Å². The summed E-state index contributed by atoms with van der Waals surface area (Å²) in [5, 5.41) is 23.3. The Balaban J connectivity index is 0.00000259. The van der Waals surface area contributed by atoms with Crippen molar-refractivity contribution in [1.29, 1.82) is 5.26 Å². The number of imidazole rings is 1. The van der Waals surface area contributed by atoms with E-state index in [-0.39, 0.29) is 40.3 Å². The molecule has 164 valence electrons. The molecule has 0 aliphatic rings. The van der Waals surface area contributed by atoms with E-state index in [1.54, 1.807) is 43.3 Å². The van der Waals surface area contributed by atoms with Gasteiger partial charge in [-0.1, -0.05) is 24.3 Å². The van der Waals surface area contributed by atoms with Crippen LogP contribution in [-0.4, -0.2) is 24.3 Å². The Labute approximate surface area is 193 Å². The summed E-state index contributed by atoms with van der Waals surface area (Å²) >= 11 is 0. The SMILES string of the molecule is Cc1cccc(-n2[nH]c(=O)c(/C=c3\c(C)c(C#N)c4nc5ccccc5n4c3=O)c2O)c1.Cl. The van der Waals surface area contributed by atoms with Gasteiger partial charge < -0.3 is 5.11 Å². The molecule has 0 spiro atoms. The van der Waals surface area contributed by atoms with Crippen LogP contribution in [0.25, 0.3) is 28.4 Å². The first-order valence-corrected chi connectivity index (χ1v) is 9.87. The molecule has 5 aromatic rings. The molecule has 2 N–H and O–H groups in total. The maximum atomic E-state index is 13.4. The van der Waals surface area contributed by atoms with Crippen LogP contribution in [0.2, 0.25) is 0 Å². The summed E-state index contributed by atoms with van der Waals surface area (Å²) in [5.74, 6) is -0.325. The Morgan fingerprint density at radius 1 is 1.12 bits per heavy atom. The number of hydrogen-bond acceptors (Lipinski definition) is 5. The Bertz CT molecular complexity index is 1770. The number of aromatic nitrogens is 4. The molecule has 0 atom stereocenters. The number of aryl methyl sites for hydroxylation is 1. The normalized spacial score (nSPS) is 11.6. The number of H-pyrrole nitrogens is 1. The van der Waals surface area contributed by atoms with Gasteiger partial charge in [0.15, 0.2) is 5.65 Å². The minimum atomic E-state index is -0.558. The number of para-hydroxylation sites is 2. The summed E-state index contributed by atoms with van der Waals surface area (Å²) < 4.78 is 2.63. The first kappa shape index (κ1) is 21.9. The number of rotatable bonds is 2. The van der Waals surface area contributed by atoms with E-state index in [4.69, 9.17) is 0 Å². The number of nitrogens with zero attached hydrogens (tertiary/aromatic N) is 4. The van der Waals surface area contributed by atoms with Gasteiger partial charge in [0.05, 0.1) is 22.3 Å². The average Bonchev–Trinajstić information content (AvgIpc) is 3.29. The molecule has 0 saturated carbocycles. The molecule has 8 nitrogen and oxygen atoms in total. The van der Waals surface area contributed by atoms with E-state index in [9.17, 15) is 20.0 Å². The van der Waals surface area contributed by atoms with Gasteiger partial charge in [0, 0.05) is 5.22 Å². The maximum absolute atomic E-state index is 13.4. The van der Waals surface area contributed by atoms with Crippen LogP contribution in [0.15, 0.2) is 58.1 Å². The topological polar surface area (TPSA) is 116 Å². The molecule has 0 amide bonds. The van der Waals surface area contributed by atoms with Crippen LogP contribution in [0, 0.1) is 25.2 Å². The van der Waals surface area contributed by atoms with Gasteiger partial charge in [-0.2, -0.15) is 5.26 Å². The van der Waals surface area contributed by atoms with Crippen LogP contribution >= 0.6 is 12.4 Å². The predicted molar refractivity (Wildman–Crippen MR) is 127 cm³/mol. The van der Waals surface area contributed by atoms with Gasteiger partial charge in [-0.05, 0) is 55.3 Å².